The average Bonchev–Trinajstić information content (AvgIpc) is 3.55. The zero-order chi connectivity index (χ0) is 19.5. The van der Waals surface area contributed by atoms with Gasteiger partial charge in [-0.2, -0.15) is 0 Å². The van der Waals surface area contributed by atoms with Gasteiger partial charge in [0.15, 0.2) is 0 Å². The van der Waals surface area contributed by atoms with E-state index in [9.17, 15) is 4.79 Å². The molecule has 1 aliphatic heterocycles. The number of halogens is 2. The predicted molar refractivity (Wildman–Crippen MR) is 112 cm³/mol. The summed E-state index contributed by atoms with van der Waals surface area (Å²) in [6, 6.07) is 11.7. The van der Waals surface area contributed by atoms with E-state index < -0.39 is 0 Å². The van der Waals surface area contributed by atoms with Gasteiger partial charge >= 0.3 is 0 Å². The molecular weight excluding hydrogens is 393 g/mol. The zero-order valence-corrected chi connectivity index (χ0v) is 17.3. The Morgan fingerprint density at radius 2 is 2.04 bits per heavy atom. The van der Waals surface area contributed by atoms with E-state index in [-0.39, 0.29) is 17.9 Å². The molecular formula is C22H25Cl2N3O. The number of piperidine rings is 1. The quantitative estimate of drug-likeness (QED) is 0.728. The van der Waals surface area contributed by atoms with Crippen LogP contribution >= 0.6 is 23.2 Å². The Balaban J connectivity index is 1.47. The highest BCUT2D eigenvalue weighted by Gasteiger charge is 2.35. The number of aromatic nitrogens is 1. The molecule has 2 atom stereocenters. The predicted octanol–water partition coefficient (Wildman–Crippen LogP) is 4.87. The van der Waals surface area contributed by atoms with Crippen LogP contribution in [0.3, 0.4) is 0 Å². The number of pyridine rings is 1. The smallest absolute Gasteiger partial charge is 0.223 e. The molecule has 0 spiro atoms. The van der Waals surface area contributed by atoms with Gasteiger partial charge in [-0.3, -0.25) is 14.7 Å². The first-order valence-corrected chi connectivity index (χ1v) is 10.7. The lowest BCUT2D eigenvalue weighted by Gasteiger charge is -2.37. The Labute approximate surface area is 176 Å². The van der Waals surface area contributed by atoms with Crippen LogP contribution < -0.4 is 5.32 Å². The van der Waals surface area contributed by atoms with Crippen LogP contribution in [-0.2, 0) is 11.3 Å². The van der Waals surface area contributed by atoms with E-state index in [0.29, 0.717) is 16.0 Å². The minimum Gasteiger partial charge on any atom is -0.347 e. The van der Waals surface area contributed by atoms with Gasteiger partial charge < -0.3 is 5.32 Å². The number of hydrogen-bond donors (Lipinski definition) is 1. The van der Waals surface area contributed by atoms with Gasteiger partial charge in [-0.15, -0.1) is 0 Å². The maximum absolute atomic E-state index is 12.5. The van der Waals surface area contributed by atoms with Crippen molar-refractivity contribution in [2.75, 3.05) is 13.1 Å². The van der Waals surface area contributed by atoms with Gasteiger partial charge in [0.05, 0.1) is 21.8 Å². The lowest BCUT2D eigenvalue weighted by Crippen LogP contribution is -2.43. The van der Waals surface area contributed by atoms with Crippen molar-refractivity contribution in [3.8, 4) is 0 Å². The normalized spacial score (nSPS) is 21.3. The van der Waals surface area contributed by atoms with Crippen molar-refractivity contribution < 1.29 is 4.79 Å². The Morgan fingerprint density at radius 1 is 1.18 bits per heavy atom. The summed E-state index contributed by atoms with van der Waals surface area (Å²) in [6.45, 7) is 2.80. The molecule has 2 aromatic rings. The van der Waals surface area contributed by atoms with Gasteiger partial charge in [0, 0.05) is 25.2 Å². The summed E-state index contributed by atoms with van der Waals surface area (Å²) in [6.07, 6.45) is 6.02. The van der Waals surface area contributed by atoms with Crippen LogP contribution in [0.5, 0.6) is 0 Å². The number of carbonyl (C=O) groups excluding carboxylic acids is 1. The first-order chi connectivity index (χ1) is 13.6. The van der Waals surface area contributed by atoms with Gasteiger partial charge in [-0.25, -0.2) is 0 Å². The monoisotopic (exact) mass is 417 g/mol. The van der Waals surface area contributed by atoms with E-state index in [0.717, 1.165) is 56.6 Å². The van der Waals surface area contributed by atoms with Crippen molar-refractivity contribution in [3.63, 3.8) is 0 Å². The maximum Gasteiger partial charge on any atom is 0.223 e. The zero-order valence-electron chi connectivity index (χ0n) is 15.8. The molecule has 2 aliphatic rings. The largest absolute Gasteiger partial charge is 0.347 e. The topological polar surface area (TPSA) is 45.2 Å². The Hall–Kier alpha value is -1.62. The maximum atomic E-state index is 12.5. The fraction of sp³-hybridized carbons (Fsp3) is 0.455. The van der Waals surface area contributed by atoms with Gasteiger partial charge in [0.2, 0.25) is 5.91 Å². The molecule has 1 saturated heterocycles. The molecule has 0 radical (unpaired) electrons. The number of benzene rings is 1. The minimum absolute atomic E-state index is 0.0362. The molecule has 1 aliphatic carbocycles. The summed E-state index contributed by atoms with van der Waals surface area (Å²) >= 11 is 12.2. The molecule has 28 heavy (non-hydrogen) atoms. The molecule has 6 heteroatoms. The van der Waals surface area contributed by atoms with Crippen molar-refractivity contribution in [1.29, 1.82) is 0 Å². The van der Waals surface area contributed by atoms with E-state index in [1.54, 1.807) is 0 Å². The highest BCUT2D eigenvalue weighted by Crippen LogP contribution is 2.34. The highest BCUT2D eigenvalue weighted by atomic mass is 35.5. The summed E-state index contributed by atoms with van der Waals surface area (Å²) in [5.41, 5.74) is 2.12. The lowest BCUT2D eigenvalue weighted by molar-refractivity contribution is -0.123. The van der Waals surface area contributed by atoms with Crippen LogP contribution in [0.1, 0.15) is 43.0 Å². The van der Waals surface area contributed by atoms with Crippen molar-refractivity contribution >= 4 is 29.1 Å². The van der Waals surface area contributed by atoms with E-state index in [1.807, 2.05) is 42.6 Å². The minimum atomic E-state index is -0.0362. The second kappa shape index (κ2) is 8.81. The number of carbonyl (C=O) groups is 1. The Bertz CT molecular complexity index is 826. The van der Waals surface area contributed by atoms with E-state index >= 15 is 0 Å². The number of likely N-dealkylation sites (tertiary alicyclic amines) is 1. The van der Waals surface area contributed by atoms with Gasteiger partial charge in [-0.05, 0) is 68.0 Å². The third-order valence-electron chi connectivity index (χ3n) is 5.66. The van der Waals surface area contributed by atoms with E-state index in [2.05, 4.69) is 15.2 Å². The van der Waals surface area contributed by atoms with E-state index in [4.69, 9.17) is 23.2 Å². The first kappa shape index (κ1) is 19.7. The summed E-state index contributed by atoms with van der Waals surface area (Å²) in [5, 5.41) is 4.48. The molecule has 4 rings (SSSR count). The third-order valence-corrected chi connectivity index (χ3v) is 6.39. The van der Waals surface area contributed by atoms with Gasteiger partial charge in [0.25, 0.3) is 0 Å². The van der Waals surface area contributed by atoms with Crippen LogP contribution in [0.25, 0.3) is 0 Å². The second-order valence-electron chi connectivity index (χ2n) is 7.90. The molecule has 0 bridgehead atoms. The molecule has 1 saturated carbocycles. The fourth-order valence-corrected chi connectivity index (χ4v) is 4.33. The second-order valence-corrected chi connectivity index (χ2v) is 8.72. The molecule has 4 nitrogen and oxygen atoms in total. The number of nitrogens with one attached hydrogen (secondary N) is 1. The third kappa shape index (κ3) is 4.86. The molecule has 2 unspecified atom stereocenters. The first-order valence-electron chi connectivity index (χ1n) is 9.98. The van der Waals surface area contributed by atoms with Crippen molar-refractivity contribution in [2.45, 2.75) is 38.3 Å². The summed E-state index contributed by atoms with van der Waals surface area (Å²) in [5.74, 6) is 0.716. The molecule has 1 amide bonds. The number of rotatable bonds is 6. The fourth-order valence-electron chi connectivity index (χ4n) is 4.01. The van der Waals surface area contributed by atoms with Crippen molar-refractivity contribution in [2.24, 2.45) is 11.8 Å². The lowest BCUT2D eigenvalue weighted by atomic mass is 9.88. The van der Waals surface area contributed by atoms with E-state index in [1.165, 1.54) is 0 Å². The molecule has 1 aromatic carbocycles. The van der Waals surface area contributed by atoms with Crippen LogP contribution in [0, 0.1) is 11.8 Å². The van der Waals surface area contributed by atoms with Crippen LogP contribution in [0.4, 0.5) is 0 Å². The molecule has 2 fully saturated rings. The van der Waals surface area contributed by atoms with Crippen LogP contribution in [0.2, 0.25) is 10.0 Å². The number of nitrogens with zero attached hydrogens (tertiary/aromatic N) is 2. The van der Waals surface area contributed by atoms with Crippen LogP contribution in [-0.4, -0.2) is 28.9 Å². The summed E-state index contributed by atoms with van der Waals surface area (Å²) in [4.78, 5) is 19.5. The van der Waals surface area contributed by atoms with Crippen molar-refractivity contribution in [3.05, 3.63) is 63.9 Å². The number of amides is 1. The average molecular weight is 418 g/mol. The molecule has 148 valence electrons. The van der Waals surface area contributed by atoms with Gasteiger partial charge in [0.1, 0.15) is 0 Å². The number of hydrogen-bond acceptors (Lipinski definition) is 3. The SMILES string of the molecule is O=C(NC(c1ccccn1)C1CCCN(Cc2ccc(Cl)c(Cl)c2)C1)C1CC1. The molecule has 1 N–H and O–H groups in total. The summed E-state index contributed by atoms with van der Waals surface area (Å²) < 4.78 is 0. The Morgan fingerprint density at radius 3 is 2.75 bits per heavy atom. The standard InChI is InChI=1S/C22H25Cl2N3O/c23-18-9-6-15(12-19(18)24)13-27-11-3-4-17(14-27)21(20-5-1-2-10-25-20)26-22(28)16-7-8-16/h1-2,5-6,9-10,12,16-17,21H,3-4,7-8,11,13-14H2,(H,26,28). The van der Waals surface area contributed by atoms with Crippen molar-refractivity contribution in [1.82, 2.24) is 15.2 Å². The summed E-state index contributed by atoms with van der Waals surface area (Å²) in [7, 11) is 0. The Kier molecular flexibility index (Phi) is 6.19. The molecule has 2 heterocycles. The van der Waals surface area contributed by atoms with Gasteiger partial charge in [-0.1, -0.05) is 35.3 Å². The highest BCUT2D eigenvalue weighted by molar-refractivity contribution is 6.42. The molecule has 1 aromatic heterocycles. The van der Waals surface area contributed by atoms with Crippen LogP contribution in [0.15, 0.2) is 42.6 Å².